The van der Waals surface area contributed by atoms with Gasteiger partial charge in [-0.2, -0.15) is 0 Å². The second kappa shape index (κ2) is 6.52. The number of imidazole rings is 1. The summed E-state index contributed by atoms with van der Waals surface area (Å²) in [6.45, 7) is 5.57. The van der Waals surface area contributed by atoms with Crippen LogP contribution in [0.4, 0.5) is 4.39 Å². The van der Waals surface area contributed by atoms with Crippen LogP contribution in [-0.4, -0.2) is 16.7 Å². The summed E-state index contributed by atoms with van der Waals surface area (Å²) in [6, 6.07) is 4.53. The average Bonchev–Trinajstić information content (AvgIpc) is 2.92. The molecule has 1 unspecified atom stereocenters. The van der Waals surface area contributed by atoms with Crippen LogP contribution in [0.3, 0.4) is 0 Å². The van der Waals surface area contributed by atoms with Gasteiger partial charge in [0, 0.05) is 30.5 Å². The van der Waals surface area contributed by atoms with E-state index in [4.69, 9.17) is 4.74 Å². The predicted octanol–water partition coefficient (Wildman–Crippen LogP) is 2.90. The Bertz CT molecular complexity index is 568. The van der Waals surface area contributed by atoms with Gasteiger partial charge in [0.05, 0.1) is 13.7 Å². The molecule has 1 heterocycles. The number of halogens is 1. The highest BCUT2D eigenvalue weighted by molar-refractivity contribution is 5.36. The van der Waals surface area contributed by atoms with E-state index >= 15 is 0 Å². The molecule has 1 N–H and O–H groups in total. The summed E-state index contributed by atoms with van der Waals surface area (Å²) in [5.74, 6) is 1.39. The molecule has 0 aliphatic carbocycles. The van der Waals surface area contributed by atoms with Crippen LogP contribution in [0, 0.1) is 5.82 Å². The van der Waals surface area contributed by atoms with Crippen molar-refractivity contribution in [3.05, 3.63) is 47.8 Å². The first kappa shape index (κ1) is 14.5. The quantitative estimate of drug-likeness (QED) is 0.882. The van der Waals surface area contributed by atoms with Crippen molar-refractivity contribution in [3.63, 3.8) is 0 Å². The van der Waals surface area contributed by atoms with E-state index in [2.05, 4.69) is 21.8 Å². The molecule has 0 saturated carbocycles. The molecule has 108 valence electrons. The molecule has 0 radical (unpaired) electrons. The van der Waals surface area contributed by atoms with E-state index in [1.165, 1.54) is 12.1 Å². The van der Waals surface area contributed by atoms with E-state index in [9.17, 15) is 4.39 Å². The fourth-order valence-electron chi connectivity index (χ4n) is 2.19. The lowest BCUT2D eigenvalue weighted by atomic mass is 10.1. The minimum absolute atomic E-state index is 0.0253. The van der Waals surface area contributed by atoms with Crippen molar-refractivity contribution < 1.29 is 9.13 Å². The van der Waals surface area contributed by atoms with Gasteiger partial charge in [0.2, 0.25) is 0 Å². The topological polar surface area (TPSA) is 39.1 Å². The fourth-order valence-corrected chi connectivity index (χ4v) is 2.19. The van der Waals surface area contributed by atoms with Gasteiger partial charge in [0.1, 0.15) is 17.4 Å². The number of nitrogens with one attached hydrogen (secondary N) is 1. The first-order valence-electron chi connectivity index (χ1n) is 6.72. The third-order valence-corrected chi connectivity index (χ3v) is 3.37. The first-order valence-corrected chi connectivity index (χ1v) is 6.72. The average molecular weight is 277 g/mol. The SMILES string of the molecule is CCn1ccnc1CNC(C)c1cc(F)ccc1OC. The molecule has 0 spiro atoms. The van der Waals surface area contributed by atoms with Crippen molar-refractivity contribution in [2.45, 2.75) is 33.0 Å². The number of hydrogen-bond donors (Lipinski definition) is 1. The molecule has 0 aliphatic heterocycles. The molecule has 2 aromatic rings. The van der Waals surface area contributed by atoms with Crippen LogP contribution in [0.25, 0.3) is 0 Å². The highest BCUT2D eigenvalue weighted by atomic mass is 19.1. The zero-order valence-corrected chi connectivity index (χ0v) is 12.1. The molecule has 20 heavy (non-hydrogen) atoms. The van der Waals surface area contributed by atoms with E-state index in [1.54, 1.807) is 19.4 Å². The maximum Gasteiger partial charge on any atom is 0.123 e. The van der Waals surface area contributed by atoms with Gasteiger partial charge >= 0.3 is 0 Å². The maximum atomic E-state index is 13.4. The van der Waals surface area contributed by atoms with Gasteiger partial charge in [0.25, 0.3) is 0 Å². The Morgan fingerprint density at radius 1 is 1.45 bits per heavy atom. The van der Waals surface area contributed by atoms with Crippen molar-refractivity contribution in [1.82, 2.24) is 14.9 Å². The van der Waals surface area contributed by atoms with E-state index in [1.807, 2.05) is 13.1 Å². The van der Waals surface area contributed by atoms with Crippen molar-refractivity contribution in [2.75, 3.05) is 7.11 Å². The monoisotopic (exact) mass is 277 g/mol. The Balaban J connectivity index is 2.08. The van der Waals surface area contributed by atoms with E-state index < -0.39 is 0 Å². The number of rotatable bonds is 6. The van der Waals surface area contributed by atoms with Crippen LogP contribution in [0.1, 0.15) is 31.3 Å². The molecule has 1 aromatic carbocycles. The van der Waals surface area contributed by atoms with Crippen molar-refractivity contribution in [1.29, 1.82) is 0 Å². The maximum absolute atomic E-state index is 13.4. The van der Waals surface area contributed by atoms with Crippen LogP contribution in [-0.2, 0) is 13.1 Å². The van der Waals surface area contributed by atoms with Crippen LogP contribution in [0.5, 0.6) is 5.75 Å². The predicted molar refractivity (Wildman–Crippen MR) is 76.1 cm³/mol. The summed E-state index contributed by atoms with van der Waals surface area (Å²) < 4.78 is 20.7. The van der Waals surface area contributed by atoms with Gasteiger partial charge in [-0.15, -0.1) is 0 Å². The number of nitrogens with zero attached hydrogens (tertiary/aromatic N) is 2. The smallest absolute Gasteiger partial charge is 0.123 e. The van der Waals surface area contributed by atoms with Crippen molar-refractivity contribution in [3.8, 4) is 5.75 Å². The second-order valence-corrected chi connectivity index (χ2v) is 4.62. The zero-order valence-electron chi connectivity index (χ0n) is 12.1. The number of methoxy groups -OCH3 is 1. The summed E-state index contributed by atoms with van der Waals surface area (Å²) in [5, 5.41) is 3.35. The molecular formula is C15H20FN3O. The highest BCUT2D eigenvalue weighted by Crippen LogP contribution is 2.25. The molecule has 0 fully saturated rings. The Kier molecular flexibility index (Phi) is 4.74. The number of aryl methyl sites for hydroxylation is 1. The summed E-state index contributed by atoms with van der Waals surface area (Å²) in [6.07, 6.45) is 3.73. The van der Waals surface area contributed by atoms with Gasteiger partial charge in [-0.25, -0.2) is 9.37 Å². The van der Waals surface area contributed by atoms with Gasteiger partial charge in [0.15, 0.2) is 0 Å². The largest absolute Gasteiger partial charge is 0.496 e. The third kappa shape index (κ3) is 3.17. The lowest BCUT2D eigenvalue weighted by Gasteiger charge is -2.17. The van der Waals surface area contributed by atoms with Crippen LogP contribution >= 0.6 is 0 Å². The lowest BCUT2D eigenvalue weighted by molar-refractivity contribution is 0.399. The zero-order chi connectivity index (χ0) is 14.5. The molecule has 5 heteroatoms. The molecule has 0 bridgehead atoms. The third-order valence-electron chi connectivity index (χ3n) is 3.37. The summed E-state index contributed by atoms with van der Waals surface area (Å²) in [7, 11) is 1.59. The Hall–Kier alpha value is -1.88. The van der Waals surface area contributed by atoms with Gasteiger partial charge in [-0.05, 0) is 32.0 Å². The van der Waals surface area contributed by atoms with Crippen LogP contribution < -0.4 is 10.1 Å². The number of aromatic nitrogens is 2. The standard InChI is InChI=1S/C15H20FN3O/c1-4-19-8-7-17-15(19)10-18-11(2)13-9-12(16)5-6-14(13)20-3/h5-9,11,18H,4,10H2,1-3H3. The van der Waals surface area contributed by atoms with Gasteiger partial charge in [-0.1, -0.05) is 0 Å². The fraction of sp³-hybridized carbons (Fsp3) is 0.400. The van der Waals surface area contributed by atoms with Crippen molar-refractivity contribution >= 4 is 0 Å². The summed E-state index contributed by atoms with van der Waals surface area (Å²) in [4.78, 5) is 4.31. The number of hydrogen-bond acceptors (Lipinski definition) is 3. The molecule has 4 nitrogen and oxygen atoms in total. The second-order valence-electron chi connectivity index (χ2n) is 4.62. The molecule has 0 saturated heterocycles. The van der Waals surface area contributed by atoms with E-state index in [0.717, 1.165) is 17.9 Å². The minimum atomic E-state index is -0.260. The van der Waals surface area contributed by atoms with Crippen LogP contribution in [0.15, 0.2) is 30.6 Å². The summed E-state index contributed by atoms with van der Waals surface area (Å²) in [5.41, 5.74) is 0.808. The van der Waals surface area contributed by atoms with Crippen LogP contribution in [0.2, 0.25) is 0 Å². The highest BCUT2D eigenvalue weighted by Gasteiger charge is 2.13. The van der Waals surface area contributed by atoms with Gasteiger partial charge < -0.3 is 14.6 Å². The molecule has 2 rings (SSSR count). The molecular weight excluding hydrogens is 257 g/mol. The van der Waals surface area contributed by atoms with Crippen molar-refractivity contribution in [2.24, 2.45) is 0 Å². The lowest BCUT2D eigenvalue weighted by Crippen LogP contribution is -2.21. The molecule has 1 aromatic heterocycles. The summed E-state index contributed by atoms with van der Waals surface area (Å²) >= 11 is 0. The number of ether oxygens (including phenoxy) is 1. The molecule has 1 atom stereocenters. The molecule has 0 aliphatic rings. The Morgan fingerprint density at radius 3 is 2.95 bits per heavy atom. The Morgan fingerprint density at radius 2 is 2.25 bits per heavy atom. The minimum Gasteiger partial charge on any atom is -0.496 e. The van der Waals surface area contributed by atoms with E-state index in [-0.39, 0.29) is 11.9 Å². The van der Waals surface area contributed by atoms with E-state index in [0.29, 0.717) is 12.3 Å². The van der Waals surface area contributed by atoms with Gasteiger partial charge in [-0.3, -0.25) is 0 Å². The first-order chi connectivity index (χ1) is 9.65. The number of benzene rings is 1. The normalized spacial score (nSPS) is 12.4. The Labute approximate surface area is 118 Å². The molecule has 0 amide bonds.